The molecular formula is C2H3BF4O4S2. The van der Waals surface area contributed by atoms with Crippen LogP contribution in [0.1, 0.15) is 0 Å². The van der Waals surface area contributed by atoms with E-state index in [1.165, 1.54) is 0 Å². The number of hydrogen-bond acceptors (Lipinski definition) is 4. The number of halogens is 4. The van der Waals surface area contributed by atoms with Crippen LogP contribution in [0.15, 0.2) is 0 Å². The average Bonchev–Trinajstić information content (AvgIpc) is 2.01. The zero-order chi connectivity index (χ0) is 10.6. The van der Waals surface area contributed by atoms with Gasteiger partial charge >= 0.3 is 12.1 Å². The highest BCUT2D eigenvalue weighted by molar-refractivity contribution is 7.99. The molecule has 0 amide bonds. The van der Waals surface area contributed by atoms with Crippen LogP contribution in [0.5, 0.6) is 0 Å². The van der Waals surface area contributed by atoms with Crippen LogP contribution < -0.4 is 0 Å². The quantitative estimate of drug-likeness (QED) is 0.518. The molecule has 0 aromatic heterocycles. The van der Waals surface area contributed by atoms with Gasteiger partial charge in [0.1, 0.15) is 0 Å². The molecule has 0 spiro atoms. The van der Waals surface area contributed by atoms with Gasteiger partial charge in [0.25, 0.3) is 0 Å². The molecule has 0 aliphatic carbocycles. The van der Waals surface area contributed by atoms with Crippen LogP contribution in [0.3, 0.4) is 0 Å². The van der Waals surface area contributed by atoms with Crippen molar-refractivity contribution in [3.63, 3.8) is 0 Å². The highest BCUT2D eigenvalue weighted by atomic mass is 32.3. The van der Waals surface area contributed by atoms with Gasteiger partial charge in [0.05, 0.1) is 7.11 Å². The molecule has 78 valence electrons. The van der Waals surface area contributed by atoms with E-state index < -0.39 is 34.2 Å². The van der Waals surface area contributed by atoms with Crippen molar-refractivity contribution in [1.82, 2.24) is 0 Å². The summed E-state index contributed by atoms with van der Waals surface area (Å²) in [6, 6.07) is 0. The lowest BCUT2D eigenvalue weighted by Crippen LogP contribution is -2.32. The first-order valence-corrected chi connectivity index (χ1v) is 4.68. The van der Waals surface area contributed by atoms with Crippen LogP contribution in [0.25, 0.3) is 0 Å². The Morgan fingerprint density at radius 1 is 1.23 bits per heavy atom. The van der Waals surface area contributed by atoms with E-state index in [-0.39, 0.29) is 0 Å². The molecule has 0 rings (SSSR count). The molecular weight excluding hydrogens is 239 g/mol. The number of rotatable bonds is 5. The summed E-state index contributed by atoms with van der Waals surface area (Å²) in [5, 5.41) is 0. The molecule has 0 aliphatic heterocycles. The van der Waals surface area contributed by atoms with Gasteiger partial charge in [0, 0.05) is 0 Å². The summed E-state index contributed by atoms with van der Waals surface area (Å²) in [4.78, 5) is 0. The van der Waals surface area contributed by atoms with Crippen molar-refractivity contribution in [1.29, 1.82) is 0 Å². The van der Waals surface area contributed by atoms with Crippen molar-refractivity contribution >= 4 is 29.6 Å². The fourth-order valence-electron chi connectivity index (χ4n) is 0.275. The Morgan fingerprint density at radius 3 is 2.00 bits per heavy atom. The summed E-state index contributed by atoms with van der Waals surface area (Å²) in [6.45, 7) is 0. The first-order valence-electron chi connectivity index (χ1n) is 2.53. The first-order chi connectivity index (χ1) is 5.82. The van der Waals surface area contributed by atoms with Crippen molar-refractivity contribution in [2.45, 2.75) is 4.59 Å². The van der Waals surface area contributed by atoms with Crippen LogP contribution in [0.2, 0.25) is 0 Å². The standard InChI is InChI=1S/C2H3BF4O4S2/c1-10-12(8)2(4,5)13(9)11-3(6)7/h1H3. The Labute approximate surface area is 76.1 Å². The summed E-state index contributed by atoms with van der Waals surface area (Å²) >= 11 is -6.97. The zero-order valence-electron chi connectivity index (χ0n) is 6.04. The van der Waals surface area contributed by atoms with Crippen molar-refractivity contribution in [2.75, 3.05) is 7.11 Å². The fraction of sp³-hybridized carbons (Fsp3) is 1.00. The largest absolute Gasteiger partial charge is 0.734 e. The first kappa shape index (κ1) is 13.0. The Bertz CT molecular complexity index is 222. The Balaban J connectivity index is 4.45. The summed E-state index contributed by atoms with van der Waals surface area (Å²) in [5.41, 5.74) is 0. The van der Waals surface area contributed by atoms with Crippen LogP contribution in [-0.2, 0) is 30.4 Å². The smallest absolute Gasteiger partial charge is 0.288 e. The molecule has 13 heavy (non-hydrogen) atoms. The Morgan fingerprint density at radius 2 is 1.69 bits per heavy atom. The molecule has 2 atom stereocenters. The molecule has 0 aromatic carbocycles. The lowest BCUT2D eigenvalue weighted by atomic mass is 10.4. The number of hydrogen-bond donors (Lipinski definition) is 0. The Hall–Kier alpha value is 0.00494. The van der Waals surface area contributed by atoms with E-state index in [0.717, 1.165) is 0 Å². The minimum atomic E-state index is -4.48. The van der Waals surface area contributed by atoms with Gasteiger partial charge in [-0.15, -0.1) is 0 Å². The van der Waals surface area contributed by atoms with E-state index in [2.05, 4.69) is 8.28 Å². The SMILES string of the molecule is COS(=O)C(F)(F)S(=O)OB(F)F. The molecule has 0 N–H and O–H groups in total. The third-order valence-corrected chi connectivity index (χ3v) is 2.92. The average molecular weight is 242 g/mol. The second-order valence-electron chi connectivity index (χ2n) is 1.46. The van der Waals surface area contributed by atoms with Gasteiger partial charge in [0.15, 0.2) is 0 Å². The molecule has 0 saturated carbocycles. The lowest BCUT2D eigenvalue weighted by molar-refractivity contribution is 0.170. The van der Waals surface area contributed by atoms with Crippen LogP contribution in [0, 0.1) is 0 Å². The molecule has 0 saturated heterocycles. The third kappa shape index (κ3) is 3.71. The zero-order valence-corrected chi connectivity index (χ0v) is 7.67. The second kappa shape index (κ2) is 5.03. The van der Waals surface area contributed by atoms with Gasteiger partial charge in [-0.3, -0.25) is 16.9 Å². The number of alkyl halides is 2. The highest BCUT2D eigenvalue weighted by Gasteiger charge is 2.49. The van der Waals surface area contributed by atoms with Gasteiger partial charge < -0.3 is 0 Å². The second-order valence-corrected chi connectivity index (χ2v) is 4.20. The topological polar surface area (TPSA) is 52.6 Å². The van der Waals surface area contributed by atoms with Gasteiger partial charge in [-0.25, -0.2) is 8.42 Å². The third-order valence-electron chi connectivity index (χ3n) is 0.700. The Kier molecular flexibility index (Phi) is 5.03. The normalized spacial score (nSPS) is 16.7. The molecule has 0 aromatic rings. The molecule has 0 fully saturated rings. The van der Waals surface area contributed by atoms with E-state index in [4.69, 9.17) is 0 Å². The van der Waals surface area contributed by atoms with Gasteiger partial charge in [0.2, 0.25) is 22.2 Å². The highest BCUT2D eigenvalue weighted by Crippen LogP contribution is 2.25. The summed E-state index contributed by atoms with van der Waals surface area (Å²) < 4.78 is 70.0. The summed E-state index contributed by atoms with van der Waals surface area (Å²) in [5.74, 6) is 0. The van der Waals surface area contributed by atoms with E-state index in [1.807, 2.05) is 0 Å². The van der Waals surface area contributed by atoms with E-state index in [0.29, 0.717) is 7.11 Å². The molecule has 0 bridgehead atoms. The van der Waals surface area contributed by atoms with Crippen molar-refractivity contribution < 1.29 is 34.1 Å². The fourth-order valence-corrected chi connectivity index (χ4v) is 1.48. The van der Waals surface area contributed by atoms with Crippen LogP contribution in [0.4, 0.5) is 17.4 Å². The minimum absolute atomic E-state index is 0.642. The van der Waals surface area contributed by atoms with Gasteiger partial charge in [-0.05, 0) is 0 Å². The molecule has 0 aliphatic rings. The van der Waals surface area contributed by atoms with E-state index in [9.17, 15) is 25.8 Å². The predicted octanol–water partition coefficient (Wildman–Crippen LogP) is 0.451. The van der Waals surface area contributed by atoms with Crippen LogP contribution >= 0.6 is 0 Å². The lowest BCUT2D eigenvalue weighted by Gasteiger charge is -2.11. The maximum Gasteiger partial charge on any atom is 0.734 e. The van der Waals surface area contributed by atoms with Gasteiger partial charge in [-0.1, -0.05) is 0 Å². The van der Waals surface area contributed by atoms with Crippen LogP contribution in [-0.4, -0.2) is 27.6 Å². The monoisotopic (exact) mass is 242 g/mol. The molecule has 2 unspecified atom stereocenters. The minimum Gasteiger partial charge on any atom is -0.288 e. The summed E-state index contributed by atoms with van der Waals surface area (Å²) in [6.07, 6.45) is 0. The predicted molar refractivity (Wildman–Crippen MR) is 37.3 cm³/mol. The summed E-state index contributed by atoms with van der Waals surface area (Å²) in [7, 11) is -3.00. The molecule has 4 nitrogen and oxygen atoms in total. The molecule has 11 heteroatoms. The van der Waals surface area contributed by atoms with E-state index >= 15 is 0 Å². The van der Waals surface area contributed by atoms with Crippen molar-refractivity contribution in [2.24, 2.45) is 0 Å². The molecule has 0 radical (unpaired) electrons. The van der Waals surface area contributed by atoms with Crippen molar-refractivity contribution in [3.05, 3.63) is 0 Å². The van der Waals surface area contributed by atoms with E-state index in [1.54, 1.807) is 0 Å². The molecule has 0 heterocycles. The van der Waals surface area contributed by atoms with Crippen molar-refractivity contribution in [3.8, 4) is 0 Å². The maximum absolute atomic E-state index is 12.4. The van der Waals surface area contributed by atoms with Gasteiger partial charge in [-0.2, -0.15) is 8.78 Å². The maximum atomic E-state index is 12.4.